The summed E-state index contributed by atoms with van der Waals surface area (Å²) in [5, 5.41) is 3.49. The maximum atomic E-state index is 12.6. The highest BCUT2D eigenvalue weighted by Gasteiger charge is 2.19. The Hall–Kier alpha value is -2.24. The van der Waals surface area contributed by atoms with Crippen LogP contribution in [0.15, 0.2) is 42.5 Å². The van der Waals surface area contributed by atoms with Gasteiger partial charge in [-0.1, -0.05) is 17.7 Å². The summed E-state index contributed by atoms with van der Waals surface area (Å²) in [4.78, 5) is 17.1. The molecule has 24 heavy (non-hydrogen) atoms. The van der Waals surface area contributed by atoms with Gasteiger partial charge in [-0.2, -0.15) is 0 Å². The molecule has 0 aromatic heterocycles. The van der Waals surface area contributed by atoms with E-state index in [1.54, 1.807) is 30.3 Å². The van der Waals surface area contributed by atoms with Crippen molar-refractivity contribution >= 4 is 34.6 Å². The average molecular weight is 345 g/mol. The van der Waals surface area contributed by atoms with Crippen LogP contribution in [-0.2, 0) is 0 Å². The molecular formula is C18H21ClN4O. The Balaban J connectivity index is 1.79. The van der Waals surface area contributed by atoms with Gasteiger partial charge >= 0.3 is 0 Å². The summed E-state index contributed by atoms with van der Waals surface area (Å²) in [5.41, 5.74) is 8.91. The first-order chi connectivity index (χ1) is 11.5. The van der Waals surface area contributed by atoms with Gasteiger partial charge in [0.15, 0.2) is 0 Å². The minimum Gasteiger partial charge on any atom is -0.396 e. The van der Waals surface area contributed by atoms with Crippen molar-refractivity contribution in [3.63, 3.8) is 0 Å². The predicted octanol–water partition coefficient (Wildman–Crippen LogP) is 2.93. The van der Waals surface area contributed by atoms with Crippen molar-refractivity contribution in [2.45, 2.75) is 0 Å². The maximum Gasteiger partial charge on any atom is 0.257 e. The fraction of sp³-hybridized carbons (Fsp3) is 0.278. The molecule has 1 fully saturated rings. The van der Waals surface area contributed by atoms with E-state index < -0.39 is 0 Å². The molecule has 5 nitrogen and oxygen atoms in total. The maximum absolute atomic E-state index is 12.6. The number of halogens is 1. The first kappa shape index (κ1) is 16.6. The lowest BCUT2D eigenvalue weighted by molar-refractivity contribution is 0.102. The van der Waals surface area contributed by atoms with Crippen molar-refractivity contribution < 1.29 is 4.79 Å². The fourth-order valence-corrected chi connectivity index (χ4v) is 2.93. The standard InChI is InChI=1S/C18H21ClN4O/c1-22-9-11-23(12-10-22)16-4-2-3-15(17(16)20)18(24)21-14-7-5-13(19)6-8-14/h2-8H,9-12,20H2,1H3,(H,21,24). The molecule has 1 saturated heterocycles. The van der Waals surface area contributed by atoms with Crippen LogP contribution in [0.1, 0.15) is 10.4 Å². The van der Waals surface area contributed by atoms with Crippen LogP contribution < -0.4 is 16.0 Å². The zero-order chi connectivity index (χ0) is 17.1. The van der Waals surface area contributed by atoms with E-state index in [0.29, 0.717) is 22.0 Å². The van der Waals surface area contributed by atoms with Crippen LogP contribution in [-0.4, -0.2) is 44.0 Å². The number of hydrogen-bond donors (Lipinski definition) is 2. The highest BCUT2D eigenvalue weighted by molar-refractivity contribution is 6.30. The van der Waals surface area contributed by atoms with Gasteiger partial charge in [0, 0.05) is 36.9 Å². The third kappa shape index (κ3) is 3.63. The van der Waals surface area contributed by atoms with E-state index in [0.717, 1.165) is 31.9 Å². The molecule has 0 unspecified atom stereocenters. The largest absolute Gasteiger partial charge is 0.396 e. The second-order valence-electron chi connectivity index (χ2n) is 5.99. The summed E-state index contributed by atoms with van der Waals surface area (Å²) in [7, 11) is 2.11. The van der Waals surface area contributed by atoms with Crippen molar-refractivity contribution in [3.05, 3.63) is 53.1 Å². The minimum absolute atomic E-state index is 0.217. The number of amides is 1. The summed E-state index contributed by atoms with van der Waals surface area (Å²) in [5.74, 6) is -0.217. The molecule has 1 amide bonds. The van der Waals surface area contributed by atoms with Gasteiger partial charge in [-0.3, -0.25) is 4.79 Å². The molecule has 2 aromatic rings. The molecule has 0 bridgehead atoms. The molecule has 126 valence electrons. The molecule has 3 N–H and O–H groups in total. The van der Waals surface area contributed by atoms with Crippen LogP contribution in [0.5, 0.6) is 0 Å². The fourth-order valence-electron chi connectivity index (χ4n) is 2.81. The zero-order valence-corrected chi connectivity index (χ0v) is 14.4. The lowest BCUT2D eigenvalue weighted by Gasteiger charge is -2.35. The van der Waals surface area contributed by atoms with Gasteiger partial charge in [0.25, 0.3) is 5.91 Å². The van der Waals surface area contributed by atoms with Gasteiger partial charge < -0.3 is 20.9 Å². The van der Waals surface area contributed by atoms with Crippen LogP contribution in [0.4, 0.5) is 17.1 Å². The molecule has 1 aliphatic heterocycles. The first-order valence-corrected chi connectivity index (χ1v) is 8.31. The van der Waals surface area contributed by atoms with Crippen LogP contribution in [0, 0.1) is 0 Å². The first-order valence-electron chi connectivity index (χ1n) is 7.93. The number of nitrogen functional groups attached to an aromatic ring is 1. The summed E-state index contributed by atoms with van der Waals surface area (Å²) in [6, 6.07) is 12.6. The lowest BCUT2D eigenvalue weighted by atomic mass is 10.1. The van der Waals surface area contributed by atoms with Gasteiger partial charge in [-0.05, 0) is 43.4 Å². The summed E-state index contributed by atoms with van der Waals surface area (Å²) in [6.45, 7) is 3.78. The number of para-hydroxylation sites is 1. The lowest BCUT2D eigenvalue weighted by Crippen LogP contribution is -2.44. The summed E-state index contributed by atoms with van der Waals surface area (Å²) in [6.07, 6.45) is 0. The van der Waals surface area contributed by atoms with Crippen molar-refractivity contribution in [3.8, 4) is 0 Å². The van der Waals surface area contributed by atoms with E-state index in [9.17, 15) is 4.79 Å². The highest BCUT2D eigenvalue weighted by atomic mass is 35.5. The van der Waals surface area contributed by atoms with Crippen LogP contribution >= 0.6 is 11.6 Å². The third-order valence-electron chi connectivity index (χ3n) is 4.27. The molecule has 0 aliphatic carbocycles. The topological polar surface area (TPSA) is 61.6 Å². The van der Waals surface area contributed by atoms with Crippen molar-refractivity contribution in [2.75, 3.05) is 49.2 Å². The van der Waals surface area contributed by atoms with Crippen LogP contribution in [0.3, 0.4) is 0 Å². The van der Waals surface area contributed by atoms with Gasteiger partial charge in [-0.15, -0.1) is 0 Å². The molecular weight excluding hydrogens is 324 g/mol. The smallest absolute Gasteiger partial charge is 0.257 e. The van der Waals surface area contributed by atoms with E-state index in [1.807, 2.05) is 12.1 Å². The summed E-state index contributed by atoms with van der Waals surface area (Å²) >= 11 is 5.87. The number of nitrogens with one attached hydrogen (secondary N) is 1. The van der Waals surface area contributed by atoms with Gasteiger partial charge in [-0.25, -0.2) is 0 Å². The number of nitrogens with two attached hydrogens (primary N) is 1. The van der Waals surface area contributed by atoms with E-state index in [1.165, 1.54) is 0 Å². The normalized spacial score (nSPS) is 15.3. The molecule has 2 aromatic carbocycles. The predicted molar refractivity (Wildman–Crippen MR) is 100.0 cm³/mol. The van der Waals surface area contributed by atoms with Crippen molar-refractivity contribution in [1.82, 2.24) is 4.90 Å². The van der Waals surface area contributed by atoms with E-state index in [4.69, 9.17) is 17.3 Å². The van der Waals surface area contributed by atoms with Gasteiger partial charge in [0.2, 0.25) is 0 Å². The van der Waals surface area contributed by atoms with E-state index in [-0.39, 0.29) is 5.91 Å². The van der Waals surface area contributed by atoms with Crippen LogP contribution in [0.2, 0.25) is 5.02 Å². The number of carbonyl (C=O) groups excluding carboxylic acids is 1. The number of benzene rings is 2. The Morgan fingerprint density at radius 1 is 1.08 bits per heavy atom. The molecule has 0 spiro atoms. The van der Waals surface area contributed by atoms with Crippen molar-refractivity contribution in [2.24, 2.45) is 0 Å². The number of likely N-dealkylation sites (N-methyl/N-ethyl adjacent to an activating group) is 1. The highest BCUT2D eigenvalue weighted by Crippen LogP contribution is 2.28. The molecule has 1 aliphatic rings. The Kier molecular flexibility index (Phi) is 4.92. The van der Waals surface area contributed by atoms with Gasteiger partial charge in [0.05, 0.1) is 16.9 Å². The minimum atomic E-state index is -0.217. The molecule has 1 heterocycles. The zero-order valence-electron chi connectivity index (χ0n) is 13.6. The number of anilines is 3. The van der Waals surface area contributed by atoms with E-state index in [2.05, 4.69) is 22.2 Å². The number of rotatable bonds is 3. The monoisotopic (exact) mass is 344 g/mol. The number of carbonyl (C=O) groups is 1. The number of nitrogens with zero attached hydrogens (tertiary/aromatic N) is 2. The van der Waals surface area contributed by atoms with Crippen molar-refractivity contribution in [1.29, 1.82) is 0 Å². The van der Waals surface area contributed by atoms with Gasteiger partial charge in [0.1, 0.15) is 0 Å². The molecule has 0 saturated carbocycles. The molecule has 6 heteroatoms. The molecule has 0 atom stereocenters. The average Bonchev–Trinajstić information content (AvgIpc) is 2.58. The second kappa shape index (κ2) is 7.11. The second-order valence-corrected chi connectivity index (χ2v) is 6.43. The third-order valence-corrected chi connectivity index (χ3v) is 4.53. The quantitative estimate of drug-likeness (QED) is 0.840. The number of piperazine rings is 1. The molecule has 3 rings (SSSR count). The van der Waals surface area contributed by atoms with Crippen LogP contribution in [0.25, 0.3) is 0 Å². The Morgan fingerprint density at radius 2 is 1.75 bits per heavy atom. The Labute approximate surface area is 147 Å². The van der Waals surface area contributed by atoms with E-state index >= 15 is 0 Å². The SMILES string of the molecule is CN1CCN(c2cccc(C(=O)Nc3ccc(Cl)cc3)c2N)CC1. The summed E-state index contributed by atoms with van der Waals surface area (Å²) < 4.78 is 0. The Bertz CT molecular complexity index is 724. The number of hydrogen-bond acceptors (Lipinski definition) is 4. The Morgan fingerprint density at radius 3 is 2.42 bits per heavy atom. The molecule has 0 radical (unpaired) electrons.